The van der Waals surface area contributed by atoms with Gasteiger partial charge in [0.1, 0.15) is 5.41 Å². The Hall–Kier alpha value is -1.58. The van der Waals surface area contributed by atoms with Crippen molar-refractivity contribution < 1.29 is 19.8 Å². The third kappa shape index (κ3) is 2.71. The number of aliphatic carboxylic acids is 2. The molecule has 2 N–H and O–H groups in total. The van der Waals surface area contributed by atoms with Gasteiger partial charge in [-0.25, -0.2) is 0 Å². The van der Waals surface area contributed by atoms with Gasteiger partial charge in [-0.15, -0.1) is 0 Å². The lowest BCUT2D eigenvalue weighted by molar-refractivity contribution is -0.164. The molecule has 0 amide bonds. The predicted octanol–water partition coefficient (Wildman–Crippen LogP) is 3.59. The number of carboxylic acid groups (broad SMARTS) is 2. The highest BCUT2D eigenvalue weighted by Crippen LogP contribution is 2.52. The van der Waals surface area contributed by atoms with Crippen LogP contribution in [0.3, 0.4) is 0 Å². The third-order valence-electron chi connectivity index (χ3n) is 5.57. The molecule has 22 heavy (non-hydrogen) atoms. The van der Waals surface area contributed by atoms with Gasteiger partial charge in [0.15, 0.2) is 0 Å². The van der Waals surface area contributed by atoms with E-state index in [4.69, 9.17) is 0 Å². The molecule has 0 aromatic heterocycles. The highest BCUT2D eigenvalue weighted by molar-refractivity contribution is 5.87. The fourth-order valence-electron chi connectivity index (χ4n) is 4.41. The maximum absolute atomic E-state index is 12.2. The minimum absolute atomic E-state index is 0.143. The minimum atomic E-state index is -1.33. The summed E-state index contributed by atoms with van der Waals surface area (Å²) in [6, 6.07) is 0. The van der Waals surface area contributed by atoms with Crippen molar-refractivity contribution in [1.82, 2.24) is 0 Å². The van der Waals surface area contributed by atoms with E-state index in [2.05, 4.69) is 20.8 Å². The molecule has 1 saturated carbocycles. The molecule has 5 atom stereocenters. The Morgan fingerprint density at radius 1 is 1.18 bits per heavy atom. The fourth-order valence-corrected chi connectivity index (χ4v) is 4.41. The second-order valence-corrected chi connectivity index (χ2v) is 7.23. The highest BCUT2D eigenvalue weighted by atomic mass is 16.4. The van der Waals surface area contributed by atoms with Crippen LogP contribution in [-0.2, 0) is 9.59 Å². The monoisotopic (exact) mass is 306 g/mol. The van der Waals surface area contributed by atoms with E-state index in [1.807, 2.05) is 0 Å². The van der Waals surface area contributed by atoms with E-state index in [0.717, 1.165) is 19.3 Å². The van der Waals surface area contributed by atoms with Crippen LogP contribution in [0.15, 0.2) is 24.3 Å². The molecule has 2 rings (SSSR count). The zero-order valence-corrected chi connectivity index (χ0v) is 13.5. The van der Waals surface area contributed by atoms with Crippen molar-refractivity contribution in [3.05, 3.63) is 24.3 Å². The summed E-state index contributed by atoms with van der Waals surface area (Å²) < 4.78 is 0. The molecule has 0 bridgehead atoms. The Morgan fingerprint density at radius 3 is 2.41 bits per heavy atom. The lowest BCUT2D eigenvalue weighted by atomic mass is 9.54. The first-order chi connectivity index (χ1) is 10.3. The number of hydrogen-bond donors (Lipinski definition) is 2. The lowest BCUT2D eigenvalue weighted by Gasteiger charge is -2.48. The van der Waals surface area contributed by atoms with Crippen molar-refractivity contribution in [3.8, 4) is 0 Å². The van der Waals surface area contributed by atoms with E-state index in [9.17, 15) is 19.8 Å². The molecule has 4 heteroatoms. The second-order valence-electron chi connectivity index (χ2n) is 7.23. The molecule has 122 valence electrons. The maximum atomic E-state index is 12.2. The topological polar surface area (TPSA) is 74.6 Å². The Bertz CT molecular complexity index is 505. The zero-order valence-electron chi connectivity index (χ0n) is 13.5. The zero-order chi connectivity index (χ0) is 16.5. The molecule has 0 saturated heterocycles. The van der Waals surface area contributed by atoms with E-state index < -0.39 is 23.3 Å². The molecule has 0 spiro atoms. The van der Waals surface area contributed by atoms with Gasteiger partial charge in [-0.05, 0) is 36.5 Å². The molecular formula is C18H26O4. The molecule has 0 radical (unpaired) electrons. The Balaban J connectivity index is 2.53. The van der Waals surface area contributed by atoms with E-state index in [1.54, 1.807) is 18.2 Å². The average molecular weight is 306 g/mol. The van der Waals surface area contributed by atoms with Crippen LogP contribution in [0.25, 0.3) is 0 Å². The summed E-state index contributed by atoms with van der Waals surface area (Å²) in [7, 11) is 0. The first-order valence-corrected chi connectivity index (χ1v) is 8.13. The summed E-state index contributed by atoms with van der Waals surface area (Å²) in [5, 5.41) is 19.6. The highest BCUT2D eigenvalue weighted by Gasteiger charge is 2.56. The van der Waals surface area contributed by atoms with Crippen LogP contribution in [0.4, 0.5) is 0 Å². The van der Waals surface area contributed by atoms with Gasteiger partial charge in [0.2, 0.25) is 0 Å². The third-order valence-corrected chi connectivity index (χ3v) is 5.57. The van der Waals surface area contributed by atoms with Gasteiger partial charge in [-0.3, -0.25) is 9.59 Å². The first-order valence-electron chi connectivity index (χ1n) is 8.13. The molecule has 4 nitrogen and oxygen atoms in total. The van der Waals surface area contributed by atoms with Crippen molar-refractivity contribution in [2.75, 3.05) is 0 Å². The van der Waals surface area contributed by atoms with Gasteiger partial charge in [-0.1, -0.05) is 51.5 Å². The number of carbonyl (C=O) groups is 2. The lowest BCUT2D eigenvalue weighted by Crippen LogP contribution is -2.51. The molecule has 5 unspecified atom stereocenters. The van der Waals surface area contributed by atoms with E-state index >= 15 is 0 Å². The largest absolute Gasteiger partial charge is 0.481 e. The van der Waals surface area contributed by atoms with E-state index in [1.165, 1.54) is 6.08 Å². The van der Waals surface area contributed by atoms with Crippen LogP contribution < -0.4 is 0 Å². The number of rotatable bonds is 4. The minimum Gasteiger partial charge on any atom is -0.481 e. The van der Waals surface area contributed by atoms with Crippen molar-refractivity contribution >= 4 is 11.9 Å². The smallest absolute Gasteiger partial charge is 0.315 e. The van der Waals surface area contributed by atoms with Crippen LogP contribution in [0, 0.1) is 35.0 Å². The Morgan fingerprint density at radius 2 is 1.86 bits per heavy atom. The normalized spacial score (nSPS) is 38.2. The summed E-state index contributed by atoms with van der Waals surface area (Å²) in [6.45, 7) is 6.36. The molecule has 1 fully saturated rings. The average Bonchev–Trinajstić information content (AvgIpc) is 2.46. The van der Waals surface area contributed by atoms with Crippen LogP contribution in [-0.4, -0.2) is 22.2 Å². The Kier molecular flexibility index (Phi) is 4.78. The molecule has 2 aliphatic carbocycles. The number of carboxylic acids is 2. The quantitative estimate of drug-likeness (QED) is 0.832. The number of hydrogen-bond acceptors (Lipinski definition) is 2. The van der Waals surface area contributed by atoms with Gasteiger partial charge < -0.3 is 10.2 Å². The predicted molar refractivity (Wildman–Crippen MR) is 84.3 cm³/mol. The Labute approximate surface area is 131 Å². The van der Waals surface area contributed by atoms with Gasteiger partial charge in [0.05, 0.1) is 5.92 Å². The SMILES string of the molecule is CC1CCC(C(C)C)C(C2(C(=O)O)C=CC=CC2C(=O)O)C1. The first kappa shape index (κ1) is 16.8. The molecule has 0 aromatic carbocycles. The fraction of sp³-hybridized carbons (Fsp3) is 0.667. The van der Waals surface area contributed by atoms with Crippen molar-refractivity contribution in [3.63, 3.8) is 0 Å². The second kappa shape index (κ2) is 6.27. The van der Waals surface area contributed by atoms with Crippen LogP contribution >= 0.6 is 0 Å². The van der Waals surface area contributed by atoms with Crippen molar-refractivity contribution in [2.45, 2.75) is 40.0 Å². The summed E-state index contributed by atoms with van der Waals surface area (Å²) in [4.78, 5) is 23.9. The summed E-state index contributed by atoms with van der Waals surface area (Å²) in [6.07, 6.45) is 9.35. The molecule has 0 aromatic rings. The van der Waals surface area contributed by atoms with E-state index in [-0.39, 0.29) is 11.8 Å². The summed E-state index contributed by atoms with van der Waals surface area (Å²) in [5.74, 6) is -2.17. The van der Waals surface area contributed by atoms with Gasteiger partial charge >= 0.3 is 11.9 Å². The van der Waals surface area contributed by atoms with Gasteiger partial charge in [0.25, 0.3) is 0 Å². The molecule has 2 aliphatic rings. The molecular weight excluding hydrogens is 280 g/mol. The summed E-state index contributed by atoms with van der Waals surface area (Å²) >= 11 is 0. The maximum Gasteiger partial charge on any atom is 0.315 e. The van der Waals surface area contributed by atoms with E-state index in [0.29, 0.717) is 11.8 Å². The van der Waals surface area contributed by atoms with Crippen LogP contribution in [0.2, 0.25) is 0 Å². The van der Waals surface area contributed by atoms with Gasteiger partial charge in [0, 0.05) is 0 Å². The van der Waals surface area contributed by atoms with Gasteiger partial charge in [-0.2, -0.15) is 0 Å². The number of allylic oxidation sites excluding steroid dienone is 2. The van der Waals surface area contributed by atoms with Crippen molar-refractivity contribution in [1.29, 1.82) is 0 Å². The standard InChI is InChI=1S/C18H26O4/c1-11(2)13-8-7-12(3)10-15(13)18(17(21)22)9-5-4-6-14(18)16(19)20/h4-6,9,11-15H,7-8,10H2,1-3H3,(H,19,20)(H,21,22). The molecule has 0 heterocycles. The van der Waals surface area contributed by atoms with Crippen molar-refractivity contribution in [2.24, 2.45) is 35.0 Å². The van der Waals surface area contributed by atoms with Crippen LogP contribution in [0.5, 0.6) is 0 Å². The molecule has 0 aliphatic heterocycles. The summed E-state index contributed by atoms with van der Waals surface area (Å²) in [5.41, 5.74) is -1.33. The van der Waals surface area contributed by atoms with Crippen LogP contribution in [0.1, 0.15) is 40.0 Å².